The smallest absolute Gasteiger partial charge is 0.251 e. The number of hydrogen-bond donors (Lipinski definition) is 1. The van der Waals surface area contributed by atoms with Gasteiger partial charge in [-0.3, -0.25) is 4.79 Å². The fourth-order valence-electron chi connectivity index (χ4n) is 3.27. The van der Waals surface area contributed by atoms with Crippen LogP contribution >= 0.6 is 0 Å². The molecule has 1 aromatic carbocycles. The summed E-state index contributed by atoms with van der Waals surface area (Å²) in [5.41, 5.74) is 1.84. The lowest BCUT2D eigenvalue weighted by Gasteiger charge is -2.32. The van der Waals surface area contributed by atoms with Crippen molar-refractivity contribution in [1.29, 1.82) is 0 Å². The second-order valence-corrected chi connectivity index (χ2v) is 6.20. The van der Waals surface area contributed by atoms with Gasteiger partial charge in [0.05, 0.1) is 6.61 Å². The Morgan fingerprint density at radius 2 is 2.00 bits per heavy atom. The van der Waals surface area contributed by atoms with E-state index in [-0.39, 0.29) is 11.9 Å². The molecule has 0 aliphatic carbocycles. The Kier molecular flexibility index (Phi) is 4.02. The highest BCUT2D eigenvalue weighted by Crippen LogP contribution is 2.26. The van der Waals surface area contributed by atoms with Gasteiger partial charge in [0.25, 0.3) is 5.91 Å². The van der Waals surface area contributed by atoms with Gasteiger partial charge < -0.3 is 15.0 Å². The number of piperidine rings is 1. The zero-order valence-electron chi connectivity index (χ0n) is 13.4. The van der Waals surface area contributed by atoms with Crippen LogP contribution in [-0.2, 0) is 6.42 Å². The molecule has 0 atom stereocenters. The number of benzene rings is 1. The lowest BCUT2D eigenvalue weighted by atomic mass is 10.0. The Hall–Kier alpha value is -2.63. The van der Waals surface area contributed by atoms with Crippen LogP contribution in [0.15, 0.2) is 36.7 Å². The number of rotatable bonds is 3. The summed E-state index contributed by atoms with van der Waals surface area (Å²) in [4.78, 5) is 23.2. The van der Waals surface area contributed by atoms with E-state index < -0.39 is 0 Å². The number of hydrogen-bond acceptors (Lipinski definition) is 5. The zero-order chi connectivity index (χ0) is 16.4. The molecule has 6 nitrogen and oxygen atoms in total. The number of carbonyl (C=O) groups excluding carboxylic acids is 1. The highest BCUT2D eigenvalue weighted by Gasteiger charge is 2.23. The number of fused-ring (bicyclic) bond motifs is 1. The summed E-state index contributed by atoms with van der Waals surface area (Å²) < 4.78 is 5.49. The van der Waals surface area contributed by atoms with Gasteiger partial charge in [-0.1, -0.05) is 0 Å². The molecule has 1 N–H and O–H groups in total. The van der Waals surface area contributed by atoms with Crippen LogP contribution in [0.4, 0.5) is 5.95 Å². The molecule has 124 valence electrons. The van der Waals surface area contributed by atoms with Crippen LogP contribution < -0.4 is 15.0 Å². The fourth-order valence-corrected chi connectivity index (χ4v) is 3.27. The van der Waals surface area contributed by atoms with Gasteiger partial charge in [0, 0.05) is 43.5 Å². The van der Waals surface area contributed by atoms with Gasteiger partial charge in [-0.25, -0.2) is 9.97 Å². The third-order valence-corrected chi connectivity index (χ3v) is 4.62. The second kappa shape index (κ2) is 6.47. The molecule has 1 aromatic heterocycles. The van der Waals surface area contributed by atoms with E-state index in [9.17, 15) is 4.79 Å². The van der Waals surface area contributed by atoms with Crippen molar-refractivity contribution in [2.24, 2.45) is 0 Å². The van der Waals surface area contributed by atoms with E-state index in [4.69, 9.17) is 4.74 Å². The van der Waals surface area contributed by atoms with Gasteiger partial charge in [0.2, 0.25) is 5.95 Å². The Morgan fingerprint density at radius 3 is 2.79 bits per heavy atom. The monoisotopic (exact) mass is 324 g/mol. The molecule has 2 aliphatic rings. The normalized spacial score (nSPS) is 17.2. The maximum absolute atomic E-state index is 12.5. The van der Waals surface area contributed by atoms with E-state index in [0.717, 1.165) is 49.6 Å². The first-order chi connectivity index (χ1) is 11.8. The molecule has 6 heteroatoms. The van der Waals surface area contributed by atoms with Crippen LogP contribution in [0.3, 0.4) is 0 Å². The summed E-state index contributed by atoms with van der Waals surface area (Å²) in [6.07, 6.45) is 6.20. The van der Waals surface area contributed by atoms with Crippen molar-refractivity contribution in [3.8, 4) is 5.75 Å². The van der Waals surface area contributed by atoms with Crippen molar-refractivity contribution in [2.45, 2.75) is 25.3 Å². The molecule has 0 saturated carbocycles. The number of carbonyl (C=O) groups is 1. The van der Waals surface area contributed by atoms with Crippen LogP contribution in [0.2, 0.25) is 0 Å². The van der Waals surface area contributed by atoms with Gasteiger partial charge in [0.15, 0.2) is 0 Å². The number of amides is 1. The second-order valence-electron chi connectivity index (χ2n) is 6.20. The van der Waals surface area contributed by atoms with Crippen molar-refractivity contribution in [3.05, 3.63) is 47.8 Å². The average molecular weight is 324 g/mol. The van der Waals surface area contributed by atoms with Crippen molar-refractivity contribution < 1.29 is 9.53 Å². The molecule has 0 radical (unpaired) electrons. The molecule has 1 fully saturated rings. The number of anilines is 1. The minimum absolute atomic E-state index is 0.000823. The van der Waals surface area contributed by atoms with E-state index >= 15 is 0 Å². The minimum atomic E-state index is -0.000823. The van der Waals surface area contributed by atoms with E-state index in [0.29, 0.717) is 12.2 Å². The van der Waals surface area contributed by atoms with Crippen molar-refractivity contribution in [1.82, 2.24) is 15.3 Å². The van der Waals surface area contributed by atoms with Crippen molar-refractivity contribution in [2.75, 3.05) is 24.6 Å². The summed E-state index contributed by atoms with van der Waals surface area (Å²) in [6, 6.07) is 7.70. The van der Waals surface area contributed by atoms with E-state index in [2.05, 4.69) is 20.2 Å². The Balaban J connectivity index is 1.34. The van der Waals surface area contributed by atoms with Crippen molar-refractivity contribution in [3.63, 3.8) is 0 Å². The van der Waals surface area contributed by atoms with Crippen molar-refractivity contribution >= 4 is 11.9 Å². The molecule has 1 saturated heterocycles. The lowest BCUT2D eigenvalue weighted by Crippen LogP contribution is -2.45. The third kappa shape index (κ3) is 3.04. The maximum atomic E-state index is 12.5. The molecule has 2 aromatic rings. The zero-order valence-corrected chi connectivity index (χ0v) is 13.4. The molecule has 1 amide bonds. The van der Waals surface area contributed by atoms with Crippen LogP contribution in [0, 0.1) is 0 Å². The number of nitrogens with one attached hydrogen (secondary N) is 1. The maximum Gasteiger partial charge on any atom is 0.251 e. The SMILES string of the molecule is O=C(NC1CCN(c2ncccn2)CC1)c1ccc2c(c1)CCO2. The molecule has 2 aliphatic heterocycles. The first-order valence-electron chi connectivity index (χ1n) is 8.38. The molecule has 0 spiro atoms. The molecule has 0 bridgehead atoms. The summed E-state index contributed by atoms with van der Waals surface area (Å²) in [7, 11) is 0. The number of ether oxygens (including phenoxy) is 1. The third-order valence-electron chi connectivity index (χ3n) is 4.62. The Bertz CT molecular complexity index is 727. The standard InChI is InChI=1S/C18H20N4O2/c23-17(14-2-3-16-13(12-14)6-11-24-16)21-15-4-9-22(10-5-15)18-19-7-1-8-20-18/h1-3,7-8,12,15H,4-6,9-11H2,(H,21,23). The number of nitrogens with zero attached hydrogens (tertiary/aromatic N) is 3. The molecule has 3 heterocycles. The largest absolute Gasteiger partial charge is 0.493 e. The predicted octanol–water partition coefficient (Wildman–Crippen LogP) is 1.81. The van der Waals surface area contributed by atoms with E-state index in [1.807, 2.05) is 24.3 Å². The van der Waals surface area contributed by atoms with Crippen LogP contribution in [-0.4, -0.2) is 41.6 Å². The molecular weight excluding hydrogens is 304 g/mol. The molecular formula is C18H20N4O2. The van der Waals surface area contributed by atoms with E-state index in [1.54, 1.807) is 12.4 Å². The van der Waals surface area contributed by atoms with Crippen LogP contribution in [0.1, 0.15) is 28.8 Å². The van der Waals surface area contributed by atoms with Gasteiger partial charge in [0.1, 0.15) is 5.75 Å². The van der Waals surface area contributed by atoms with Gasteiger partial charge in [-0.05, 0) is 42.7 Å². The molecule has 24 heavy (non-hydrogen) atoms. The quantitative estimate of drug-likeness (QED) is 0.933. The van der Waals surface area contributed by atoms with Gasteiger partial charge in [-0.2, -0.15) is 0 Å². The minimum Gasteiger partial charge on any atom is -0.493 e. The average Bonchev–Trinajstić information content (AvgIpc) is 3.11. The van der Waals surface area contributed by atoms with Crippen LogP contribution in [0.25, 0.3) is 0 Å². The lowest BCUT2D eigenvalue weighted by molar-refractivity contribution is 0.0931. The summed E-state index contributed by atoms with van der Waals surface area (Å²) in [5.74, 6) is 1.67. The predicted molar refractivity (Wildman–Crippen MR) is 90.4 cm³/mol. The van der Waals surface area contributed by atoms with E-state index in [1.165, 1.54) is 0 Å². The molecule has 0 unspecified atom stereocenters. The highest BCUT2D eigenvalue weighted by atomic mass is 16.5. The first kappa shape index (κ1) is 14.9. The molecule has 4 rings (SSSR count). The fraction of sp³-hybridized carbons (Fsp3) is 0.389. The van der Waals surface area contributed by atoms with Crippen LogP contribution in [0.5, 0.6) is 5.75 Å². The summed E-state index contributed by atoms with van der Waals surface area (Å²) in [6.45, 7) is 2.42. The Labute approximate surface area is 140 Å². The number of aromatic nitrogens is 2. The summed E-state index contributed by atoms with van der Waals surface area (Å²) >= 11 is 0. The first-order valence-corrected chi connectivity index (χ1v) is 8.38. The van der Waals surface area contributed by atoms with Gasteiger partial charge >= 0.3 is 0 Å². The Morgan fingerprint density at radius 1 is 1.21 bits per heavy atom. The topological polar surface area (TPSA) is 67.4 Å². The van der Waals surface area contributed by atoms with Gasteiger partial charge in [-0.15, -0.1) is 0 Å². The summed E-state index contributed by atoms with van der Waals surface area (Å²) in [5, 5.41) is 3.15. The highest BCUT2D eigenvalue weighted by molar-refractivity contribution is 5.94.